The number of amides is 1. The van der Waals surface area contributed by atoms with Gasteiger partial charge in [0, 0.05) is 0 Å². The number of hydrogen-bond donors (Lipinski definition) is 2. The second-order valence-corrected chi connectivity index (χ2v) is 7.76. The smallest absolute Gasteiger partial charge is 0.264 e. The van der Waals surface area contributed by atoms with Crippen LogP contribution in [0.5, 0.6) is 5.75 Å². The summed E-state index contributed by atoms with van der Waals surface area (Å²) in [6, 6.07) is 25.1. The number of rotatable bonds is 2. The van der Waals surface area contributed by atoms with E-state index in [4.69, 9.17) is 0 Å². The number of amidine groups is 1. The van der Waals surface area contributed by atoms with Gasteiger partial charge in [-0.3, -0.25) is 4.79 Å². The average Bonchev–Trinajstić information content (AvgIpc) is 3.08. The molecule has 5 rings (SSSR count). The Hall–Kier alpha value is -3.57. The van der Waals surface area contributed by atoms with Gasteiger partial charge in [0.05, 0.1) is 10.6 Å². The lowest BCUT2D eigenvalue weighted by atomic mass is 9.96. The van der Waals surface area contributed by atoms with E-state index in [-0.39, 0.29) is 11.7 Å². The zero-order valence-corrected chi connectivity index (χ0v) is 16.1. The molecule has 2 N–H and O–H groups in total. The predicted molar refractivity (Wildman–Crippen MR) is 120 cm³/mol. The topological polar surface area (TPSA) is 61.7 Å². The molecule has 0 atom stereocenters. The number of nitrogens with one attached hydrogen (secondary N) is 1. The summed E-state index contributed by atoms with van der Waals surface area (Å²) in [4.78, 5) is 17.6. The highest BCUT2D eigenvalue weighted by molar-refractivity contribution is 8.18. The molecule has 0 aromatic heterocycles. The first-order valence-corrected chi connectivity index (χ1v) is 9.98. The van der Waals surface area contributed by atoms with Gasteiger partial charge in [0.1, 0.15) is 5.75 Å². The van der Waals surface area contributed by atoms with Gasteiger partial charge < -0.3 is 10.4 Å². The molecule has 0 aliphatic carbocycles. The van der Waals surface area contributed by atoms with Crippen molar-refractivity contribution < 1.29 is 9.90 Å². The van der Waals surface area contributed by atoms with Crippen LogP contribution < -0.4 is 5.32 Å². The Balaban J connectivity index is 1.60. The minimum atomic E-state index is -0.162. The van der Waals surface area contributed by atoms with Gasteiger partial charge in [-0.05, 0) is 75.3 Å². The van der Waals surface area contributed by atoms with E-state index in [1.165, 1.54) is 11.8 Å². The SMILES string of the molecule is O=C1NC(=Nc2ccc(O)cc2)SC1=Cc1c2ccccc2cc2ccccc12. The van der Waals surface area contributed by atoms with Crippen LogP contribution >= 0.6 is 11.8 Å². The molecule has 0 unspecified atom stereocenters. The fraction of sp³-hybridized carbons (Fsp3) is 0. The van der Waals surface area contributed by atoms with E-state index >= 15 is 0 Å². The third-order valence-electron chi connectivity index (χ3n) is 4.82. The van der Waals surface area contributed by atoms with Crippen LogP contribution in [0.1, 0.15) is 5.56 Å². The number of carbonyl (C=O) groups is 1. The summed E-state index contributed by atoms with van der Waals surface area (Å²) in [6.45, 7) is 0. The third kappa shape index (κ3) is 3.37. The van der Waals surface area contributed by atoms with Crippen LogP contribution in [0, 0.1) is 0 Å². The molecule has 5 heteroatoms. The Morgan fingerprint density at radius 3 is 2.14 bits per heavy atom. The lowest BCUT2D eigenvalue weighted by molar-refractivity contribution is -0.115. The molecule has 1 aliphatic rings. The zero-order valence-electron chi connectivity index (χ0n) is 15.3. The number of aliphatic imine (C=N–C) groups is 1. The molecule has 0 spiro atoms. The monoisotopic (exact) mass is 396 g/mol. The van der Waals surface area contributed by atoms with E-state index in [9.17, 15) is 9.90 Å². The Kier molecular flexibility index (Phi) is 4.30. The van der Waals surface area contributed by atoms with E-state index in [0.29, 0.717) is 15.8 Å². The molecule has 1 fully saturated rings. The number of benzene rings is 4. The Morgan fingerprint density at radius 1 is 0.862 bits per heavy atom. The molecule has 140 valence electrons. The van der Waals surface area contributed by atoms with Crippen molar-refractivity contribution in [2.75, 3.05) is 0 Å². The van der Waals surface area contributed by atoms with Crippen molar-refractivity contribution in [2.24, 2.45) is 4.99 Å². The number of hydrogen-bond acceptors (Lipinski definition) is 4. The van der Waals surface area contributed by atoms with Crippen LogP contribution in [0.15, 0.2) is 88.8 Å². The molecule has 1 aliphatic heterocycles. The lowest BCUT2D eigenvalue weighted by Gasteiger charge is -2.08. The predicted octanol–water partition coefficient (Wildman–Crippen LogP) is 5.59. The molecule has 1 heterocycles. The molecule has 0 radical (unpaired) electrons. The number of nitrogens with zero attached hydrogens (tertiary/aromatic N) is 1. The number of thioether (sulfide) groups is 1. The summed E-state index contributed by atoms with van der Waals surface area (Å²) in [6.07, 6.45) is 1.95. The summed E-state index contributed by atoms with van der Waals surface area (Å²) in [5.74, 6) is 0.0185. The maximum Gasteiger partial charge on any atom is 0.264 e. The molecular formula is C24H16N2O2S. The summed E-state index contributed by atoms with van der Waals surface area (Å²) in [7, 11) is 0. The van der Waals surface area contributed by atoms with Crippen molar-refractivity contribution in [3.8, 4) is 5.75 Å². The second kappa shape index (κ2) is 7.11. The minimum Gasteiger partial charge on any atom is -0.508 e. The van der Waals surface area contributed by atoms with Gasteiger partial charge in [-0.25, -0.2) is 4.99 Å². The van der Waals surface area contributed by atoms with Gasteiger partial charge in [-0.15, -0.1) is 0 Å². The van der Waals surface area contributed by atoms with Crippen molar-refractivity contribution in [3.05, 3.63) is 89.3 Å². The van der Waals surface area contributed by atoms with Crippen molar-refractivity contribution in [1.29, 1.82) is 0 Å². The van der Waals surface area contributed by atoms with Gasteiger partial charge in [-0.2, -0.15) is 0 Å². The highest BCUT2D eigenvalue weighted by Crippen LogP contribution is 2.34. The summed E-state index contributed by atoms with van der Waals surface area (Å²) < 4.78 is 0. The lowest BCUT2D eigenvalue weighted by Crippen LogP contribution is -2.19. The summed E-state index contributed by atoms with van der Waals surface area (Å²) >= 11 is 1.32. The van der Waals surface area contributed by atoms with E-state index < -0.39 is 0 Å². The van der Waals surface area contributed by atoms with Crippen molar-refractivity contribution in [2.45, 2.75) is 0 Å². The van der Waals surface area contributed by atoms with Gasteiger partial charge in [0.25, 0.3) is 5.91 Å². The average molecular weight is 396 g/mol. The number of phenolic OH excluding ortho intramolecular Hbond substituents is 1. The second-order valence-electron chi connectivity index (χ2n) is 6.73. The first-order valence-electron chi connectivity index (χ1n) is 9.16. The van der Waals surface area contributed by atoms with Crippen LogP contribution in [0.3, 0.4) is 0 Å². The standard InChI is InChI=1S/C24H16N2O2S/c27-18-11-9-17(10-12-18)25-24-26-23(28)22(29-24)14-21-19-7-3-1-5-15(19)13-16-6-2-4-8-20(16)21/h1-14,27H,(H,25,26,28). The molecule has 0 saturated carbocycles. The largest absolute Gasteiger partial charge is 0.508 e. The van der Waals surface area contributed by atoms with Crippen LogP contribution in [-0.4, -0.2) is 16.2 Å². The van der Waals surface area contributed by atoms with Gasteiger partial charge >= 0.3 is 0 Å². The third-order valence-corrected chi connectivity index (χ3v) is 5.73. The number of phenols is 1. The van der Waals surface area contributed by atoms with Crippen LogP contribution in [0.25, 0.3) is 27.6 Å². The highest BCUT2D eigenvalue weighted by Gasteiger charge is 2.24. The van der Waals surface area contributed by atoms with Crippen molar-refractivity contribution in [1.82, 2.24) is 5.32 Å². The Morgan fingerprint density at radius 2 is 1.48 bits per heavy atom. The molecule has 1 amide bonds. The first kappa shape index (κ1) is 17.5. The molecule has 0 bridgehead atoms. The van der Waals surface area contributed by atoms with Crippen molar-refractivity contribution in [3.63, 3.8) is 0 Å². The summed E-state index contributed by atoms with van der Waals surface area (Å²) in [5.41, 5.74) is 1.70. The Bertz CT molecular complexity index is 1270. The van der Waals surface area contributed by atoms with Crippen LogP contribution in [0.2, 0.25) is 0 Å². The molecule has 4 aromatic rings. The molecule has 1 saturated heterocycles. The van der Waals surface area contributed by atoms with E-state index in [2.05, 4.69) is 40.6 Å². The molecule has 4 aromatic carbocycles. The maximum atomic E-state index is 12.6. The fourth-order valence-corrected chi connectivity index (χ4v) is 4.28. The van der Waals surface area contributed by atoms with Gasteiger partial charge in [-0.1, -0.05) is 48.5 Å². The molecule has 4 nitrogen and oxygen atoms in total. The number of fused-ring (bicyclic) bond motifs is 2. The Labute approximate surface area is 171 Å². The quantitative estimate of drug-likeness (QED) is 0.343. The van der Waals surface area contributed by atoms with E-state index in [1.54, 1.807) is 24.3 Å². The van der Waals surface area contributed by atoms with Crippen LogP contribution in [0.4, 0.5) is 5.69 Å². The fourth-order valence-electron chi connectivity index (χ4n) is 3.46. The number of carbonyl (C=O) groups excluding carboxylic acids is 1. The molecule has 29 heavy (non-hydrogen) atoms. The highest BCUT2D eigenvalue weighted by atomic mass is 32.2. The molecular weight excluding hydrogens is 380 g/mol. The minimum absolute atomic E-state index is 0.162. The van der Waals surface area contributed by atoms with Crippen molar-refractivity contribution >= 4 is 56.1 Å². The maximum absolute atomic E-state index is 12.6. The first-order chi connectivity index (χ1) is 14.2. The van der Waals surface area contributed by atoms with Gasteiger partial charge in [0.15, 0.2) is 5.17 Å². The van der Waals surface area contributed by atoms with Crippen LogP contribution in [-0.2, 0) is 4.79 Å². The summed E-state index contributed by atoms with van der Waals surface area (Å²) in [5, 5.41) is 17.2. The zero-order chi connectivity index (χ0) is 19.8. The van der Waals surface area contributed by atoms with E-state index in [0.717, 1.165) is 27.1 Å². The van der Waals surface area contributed by atoms with E-state index in [1.807, 2.05) is 30.3 Å². The number of aromatic hydroxyl groups is 1. The van der Waals surface area contributed by atoms with Gasteiger partial charge in [0.2, 0.25) is 0 Å². The normalized spacial score (nSPS) is 16.8.